The summed E-state index contributed by atoms with van der Waals surface area (Å²) in [4.78, 5) is 15.8. The number of carbonyl (C=O) groups is 1. The Balaban J connectivity index is 1.71. The van der Waals surface area contributed by atoms with Crippen LogP contribution in [-0.2, 0) is 11.3 Å². The molecule has 2 rings (SSSR count). The number of halogens is 2. The summed E-state index contributed by atoms with van der Waals surface area (Å²) in [7, 11) is 0. The zero-order valence-electron chi connectivity index (χ0n) is 11.3. The molecule has 0 unspecified atom stereocenters. The average Bonchev–Trinajstić information content (AvgIpc) is 2.49. The minimum Gasteiger partial charge on any atom is -0.326 e. The maximum atomic E-state index is 13.0. The predicted octanol–water partition coefficient (Wildman–Crippen LogP) is 2.48. The highest BCUT2D eigenvalue weighted by atomic mass is 19.2. The molecule has 1 heterocycles. The summed E-state index contributed by atoms with van der Waals surface area (Å²) >= 11 is 0. The van der Waals surface area contributed by atoms with Crippen LogP contribution in [0, 0.1) is 11.6 Å². The Hall–Kier alpha value is -2.34. The smallest absolute Gasteiger partial charge is 0.225 e. The number of amides is 1. The van der Waals surface area contributed by atoms with E-state index in [4.69, 9.17) is 0 Å². The van der Waals surface area contributed by atoms with Gasteiger partial charge in [0.25, 0.3) is 0 Å². The van der Waals surface area contributed by atoms with E-state index in [9.17, 15) is 13.6 Å². The van der Waals surface area contributed by atoms with Gasteiger partial charge >= 0.3 is 0 Å². The lowest BCUT2D eigenvalue weighted by Crippen LogP contribution is -2.21. The van der Waals surface area contributed by atoms with Gasteiger partial charge in [0.2, 0.25) is 5.91 Å². The highest BCUT2D eigenvalue weighted by Crippen LogP contribution is 2.13. The van der Waals surface area contributed by atoms with E-state index in [1.54, 1.807) is 6.20 Å². The van der Waals surface area contributed by atoms with E-state index < -0.39 is 11.6 Å². The lowest BCUT2D eigenvalue weighted by molar-refractivity contribution is -0.116. The topological polar surface area (TPSA) is 54.0 Å². The van der Waals surface area contributed by atoms with Crippen molar-refractivity contribution in [3.63, 3.8) is 0 Å². The normalized spacial score (nSPS) is 10.4. The fraction of sp³-hybridized carbons (Fsp3) is 0.200. The molecule has 1 amide bonds. The standard InChI is InChI=1S/C15H15F2N3O/c16-13-5-4-11(9-14(13)17)20-15(21)6-8-18-10-12-3-1-2-7-19-12/h1-5,7,9,18H,6,8,10H2,(H,20,21). The fourth-order valence-electron chi connectivity index (χ4n) is 1.72. The molecule has 0 radical (unpaired) electrons. The molecule has 0 atom stereocenters. The molecule has 0 spiro atoms. The van der Waals surface area contributed by atoms with E-state index >= 15 is 0 Å². The number of benzene rings is 1. The number of rotatable bonds is 6. The van der Waals surface area contributed by atoms with Crippen molar-refractivity contribution in [2.24, 2.45) is 0 Å². The van der Waals surface area contributed by atoms with E-state index in [-0.39, 0.29) is 18.0 Å². The van der Waals surface area contributed by atoms with Crippen LogP contribution >= 0.6 is 0 Å². The third-order valence-electron chi connectivity index (χ3n) is 2.76. The average molecular weight is 291 g/mol. The van der Waals surface area contributed by atoms with Gasteiger partial charge in [0.1, 0.15) is 0 Å². The summed E-state index contributed by atoms with van der Waals surface area (Å²) < 4.78 is 25.7. The maximum Gasteiger partial charge on any atom is 0.225 e. The number of hydrogen-bond acceptors (Lipinski definition) is 3. The Kier molecular flexibility index (Phi) is 5.34. The Labute approximate surface area is 121 Å². The molecule has 0 fully saturated rings. The van der Waals surface area contributed by atoms with Gasteiger partial charge in [-0.2, -0.15) is 0 Å². The molecule has 21 heavy (non-hydrogen) atoms. The highest BCUT2D eigenvalue weighted by Gasteiger charge is 2.06. The van der Waals surface area contributed by atoms with E-state index in [0.29, 0.717) is 13.1 Å². The van der Waals surface area contributed by atoms with E-state index in [1.807, 2.05) is 18.2 Å². The van der Waals surface area contributed by atoms with Crippen LogP contribution in [0.25, 0.3) is 0 Å². The molecule has 0 bridgehead atoms. The molecule has 0 saturated heterocycles. The zero-order chi connectivity index (χ0) is 15.1. The van der Waals surface area contributed by atoms with Crippen molar-refractivity contribution in [3.05, 3.63) is 59.9 Å². The Morgan fingerprint density at radius 1 is 1.14 bits per heavy atom. The van der Waals surface area contributed by atoms with Crippen molar-refractivity contribution < 1.29 is 13.6 Å². The van der Waals surface area contributed by atoms with Gasteiger partial charge in [0.05, 0.1) is 5.69 Å². The third-order valence-corrected chi connectivity index (χ3v) is 2.76. The quantitative estimate of drug-likeness (QED) is 0.804. The van der Waals surface area contributed by atoms with Crippen LogP contribution in [0.4, 0.5) is 14.5 Å². The molecule has 2 aromatic rings. The van der Waals surface area contributed by atoms with Crippen molar-refractivity contribution in [2.45, 2.75) is 13.0 Å². The first-order valence-corrected chi connectivity index (χ1v) is 6.50. The second-order valence-corrected chi connectivity index (χ2v) is 4.42. The minimum atomic E-state index is -0.985. The number of aromatic nitrogens is 1. The zero-order valence-corrected chi connectivity index (χ0v) is 11.3. The largest absolute Gasteiger partial charge is 0.326 e. The van der Waals surface area contributed by atoms with Crippen LogP contribution in [0.2, 0.25) is 0 Å². The molecule has 110 valence electrons. The van der Waals surface area contributed by atoms with Gasteiger partial charge in [-0.05, 0) is 24.3 Å². The molecule has 0 saturated carbocycles. The number of nitrogens with one attached hydrogen (secondary N) is 2. The van der Waals surface area contributed by atoms with Gasteiger partial charge in [-0.15, -0.1) is 0 Å². The van der Waals surface area contributed by atoms with Crippen molar-refractivity contribution >= 4 is 11.6 Å². The summed E-state index contributed by atoms with van der Waals surface area (Å²) in [5.41, 5.74) is 1.13. The van der Waals surface area contributed by atoms with Crippen LogP contribution < -0.4 is 10.6 Å². The molecule has 2 N–H and O–H groups in total. The Morgan fingerprint density at radius 2 is 2.00 bits per heavy atom. The lowest BCUT2D eigenvalue weighted by Gasteiger charge is -2.06. The van der Waals surface area contributed by atoms with Crippen molar-refractivity contribution in [3.8, 4) is 0 Å². The summed E-state index contributed by atoms with van der Waals surface area (Å²) in [5.74, 6) is -2.19. The maximum absolute atomic E-state index is 13.0. The number of anilines is 1. The van der Waals surface area contributed by atoms with Crippen molar-refractivity contribution in [1.29, 1.82) is 0 Å². The molecule has 4 nitrogen and oxygen atoms in total. The van der Waals surface area contributed by atoms with Crippen molar-refractivity contribution in [2.75, 3.05) is 11.9 Å². The van der Waals surface area contributed by atoms with Crippen LogP contribution in [0.3, 0.4) is 0 Å². The fourth-order valence-corrected chi connectivity index (χ4v) is 1.72. The number of hydrogen-bond donors (Lipinski definition) is 2. The summed E-state index contributed by atoms with van der Waals surface area (Å²) in [5, 5.41) is 5.59. The van der Waals surface area contributed by atoms with E-state index in [2.05, 4.69) is 15.6 Å². The van der Waals surface area contributed by atoms with Crippen LogP contribution in [0.15, 0.2) is 42.6 Å². The van der Waals surface area contributed by atoms with Gasteiger partial charge in [0, 0.05) is 37.5 Å². The number of nitrogens with zero attached hydrogens (tertiary/aromatic N) is 1. The molecular formula is C15H15F2N3O. The Bertz CT molecular complexity index is 605. The number of carbonyl (C=O) groups excluding carboxylic acids is 1. The third kappa shape index (κ3) is 4.92. The summed E-state index contributed by atoms with van der Waals surface area (Å²) in [6.07, 6.45) is 1.93. The molecule has 0 aliphatic heterocycles. The van der Waals surface area contributed by atoms with Gasteiger partial charge in [-0.3, -0.25) is 9.78 Å². The van der Waals surface area contributed by atoms with Gasteiger partial charge in [0.15, 0.2) is 11.6 Å². The predicted molar refractivity (Wildman–Crippen MR) is 75.5 cm³/mol. The minimum absolute atomic E-state index is 0.228. The van der Waals surface area contributed by atoms with Crippen molar-refractivity contribution in [1.82, 2.24) is 10.3 Å². The molecule has 1 aromatic heterocycles. The van der Waals surface area contributed by atoms with E-state index in [0.717, 1.165) is 17.8 Å². The second-order valence-electron chi connectivity index (χ2n) is 4.42. The van der Waals surface area contributed by atoms with Gasteiger partial charge < -0.3 is 10.6 Å². The number of pyridine rings is 1. The second kappa shape index (κ2) is 7.44. The monoisotopic (exact) mass is 291 g/mol. The first-order chi connectivity index (χ1) is 10.1. The van der Waals surface area contributed by atoms with Crippen LogP contribution in [0.1, 0.15) is 12.1 Å². The SMILES string of the molecule is O=C(CCNCc1ccccn1)Nc1ccc(F)c(F)c1. The summed E-state index contributed by atoms with van der Waals surface area (Å²) in [6, 6.07) is 8.85. The Morgan fingerprint density at radius 3 is 2.71 bits per heavy atom. The first-order valence-electron chi connectivity index (χ1n) is 6.50. The lowest BCUT2D eigenvalue weighted by atomic mass is 10.3. The highest BCUT2D eigenvalue weighted by molar-refractivity contribution is 5.90. The molecular weight excluding hydrogens is 276 g/mol. The molecule has 1 aromatic carbocycles. The first kappa shape index (κ1) is 15.1. The summed E-state index contributed by atoms with van der Waals surface area (Å²) in [6.45, 7) is 1.03. The van der Waals surface area contributed by atoms with Gasteiger partial charge in [-0.25, -0.2) is 8.78 Å². The molecule has 0 aliphatic rings. The molecule has 6 heteroatoms. The van der Waals surface area contributed by atoms with Gasteiger partial charge in [-0.1, -0.05) is 6.07 Å². The van der Waals surface area contributed by atoms with Crippen LogP contribution in [0.5, 0.6) is 0 Å². The molecule has 0 aliphatic carbocycles. The van der Waals surface area contributed by atoms with E-state index in [1.165, 1.54) is 6.07 Å². The van der Waals surface area contributed by atoms with Crippen LogP contribution in [-0.4, -0.2) is 17.4 Å².